The van der Waals surface area contributed by atoms with Gasteiger partial charge in [0, 0.05) is 23.0 Å². The van der Waals surface area contributed by atoms with E-state index in [0.717, 1.165) is 18.6 Å². The maximum Gasteiger partial charge on any atom is 0.125 e. The van der Waals surface area contributed by atoms with Crippen LogP contribution in [0.4, 0.5) is 0 Å². The Morgan fingerprint density at radius 2 is 1.32 bits per heavy atom. The van der Waals surface area contributed by atoms with Crippen molar-refractivity contribution in [3.63, 3.8) is 0 Å². The van der Waals surface area contributed by atoms with Crippen LogP contribution in [0.2, 0.25) is 0 Å². The van der Waals surface area contributed by atoms with E-state index in [2.05, 4.69) is 0 Å². The number of fused-ring (bicyclic) bond motifs is 2. The van der Waals surface area contributed by atoms with Gasteiger partial charge in [-0.2, -0.15) is 0 Å². The fraction of sp³-hybridized carbons (Fsp3) is 0.520. The average molecular weight is 427 g/mol. The van der Waals surface area contributed by atoms with E-state index >= 15 is 0 Å². The summed E-state index contributed by atoms with van der Waals surface area (Å²) in [6.45, 7) is 0.639. The number of aliphatic hydroxyl groups excluding tert-OH is 2. The molecule has 5 rings (SSSR count). The molecule has 1 saturated carbocycles. The monoisotopic (exact) mass is 426 g/mol. The normalized spacial score (nSPS) is 28.0. The number of hydrogen-bond acceptors (Lipinski definition) is 6. The van der Waals surface area contributed by atoms with Crippen molar-refractivity contribution in [3.05, 3.63) is 47.5 Å². The van der Waals surface area contributed by atoms with E-state index in [4.69, 9.17) is 18.9 Å². The molecule has 2 N–H and O–H groups in total. The van der Waals surface area contributed by atoms with Gasteiger partial charge in [-0.3, -0.25) is 0 Å². The van der Waals surface area contributed by atoms with Crippen molar-refractivity contribution in [2.75, 3.05) is 20.3 Å². The van der Waals surface area contributed by atoms with Crippen LogP contribution in [-0.2, 0) is 0 Å². The number of aliphatic hydroxyl groups is 2. The lowest BCUT2D eigenvalue weighted by molar-refractivity contribution is -0.0553. The average Bonchev–Trinajstić information content (AvgIpc) is 2.81. The van der Waals surface area contributed by atoms with Gasteiger partial charge in [0.25, 0.3) is 0 Å². The van der Waals surface area contributed by atoms with Gasteiger partial charge in [-0.1, -0.05) is 6.42 Å². The van der Waals surface area contributed by atoms with E-state index in [1.807, 2.05) is 30.3 Å². The number of hydrogen-bond donors (Lipinski definition) is 2. The van der Waals surface area contributed by atoms with Crippen LogP contribution in [0, 0.1) is 11.8 Å². The zero-order valence-electron chi connectivity index (χ0n) is 17.8. The third kappa shape index (κ3) is 3.94. The van der Waals surface area contributed by atoms with Crippen LogP contribution in [0.5, 0.6) is 23.0 Å². The van der Waals surface area contributed by atoms with Gasteiger partial charge < -0.3 is 29.2 Å². The minimum Gasteiger partial charge on any atom is -0.497 e. The van der Waals surface area contributed by atoms with Crippen molar-refractivity contribution in [1.82, 2.24) is 0 Å². The maximum atomic E-state index is 11.2. The molecular formula is C25H30O6. The van der Waals surface area contributed by atoms with Crippen LogP contribution >= 0.6 is 0 Å². The van der Waals surface area contributed by atoms with E-state index in [-0.39, 0.29) is 17.9 Å². The van der Waals surface area contributed by atoms with Gasteiger partial charge >= 0.3 is 0 Å². The first-order valence-corrected chi connectivity index (χ1v) is 11.2. The highest BCUT2D eigenvalue weighted by Crippen LogP contribution is 2.47. The van der Waals surface area contributed by atoms with Crippen LogP contribution in [0.1, 0.15) is 55.4 Å². The second kappa shape index (κ2) is 8.60. The molecular weight excluding hydrogens is 396 g/mol. The van der Waals surface area contributed by atoms with E-state index in [1.54, 1.807) is 13.2 Å². The van der Waals surface area contributed by atoms with Gasteiger partial charge in [0.05, 0.1) is 38.6 Å². The Morgan fingerprint density at radius 1 is 0.774 bits per heavy atom. The molecule has 4 atom stereocenters. The lowest BCUT2D eigenvalue weighted by Gasteiger charge is -2.40. The molecule has 0 spiro atoms. The molecule has 3 aliphatic rings. The van der Waals surface area contributed by atoms with E-state index in [1.165, 1.54) is 19.3 Å². The second-order valence-corrected chi connectivity index (χ2v) is 8.82. The van der Waals surface area contributed by atoms with Crippen LogP contribution in [0.25, 0.3) is 0 Å². The molecule has 1 aliphatic carbocycles. The minimum absolute atomic E-state index is 0.240. The SMILES string of the molecule is COc1ccc2c(c1)C(O)C(C1COc3ccc(OC4CCCCC4)cc3C1O)CO2. The quantitative estimate of drug-likeness (QED) is 0.763. The van der Waals surface area contributed by atoms with Crippen molar-refractivity contribution in [3.8, 4) is 23.0 Å². The molecule has 2 aromatic rings. The standard InChI is InChI=1S/C25H30O6/c1-28-16-7-9-22-18(11-16)24(26)20(13-29-22)21-14-30-23-10-8-17(12-19(23)25(21)27)31-15-5-3-2-4-6-15/h7-12,15,20-21,24-27H,2-6,13-14H2,1H3. The zero-order chi connectivity index (χ0) is 21.4. The molecule has 2 aliphatic heterocycles. The van der Waals surface area contributed by atoms with E-state index in [9.17, 15) is 10.2 Å². The lowest BCUT2D eigenvalue weighted by Crippen LogP contribution is -2.40. The van der Waals surface area contributed by atoms with Crippen molar-refractivity contribution in [2.24, 2.45) is 11.8 Å². The van der Waals surface area contributed by atoms with Gasteiger partial charge in [-0.25, -0.2) is 0 Å². The van der Waals surface area contributed by atoms with Gasteiger partial charge in [0.2, 0.25) is 0 Å². The van der Waals surface area contributed by atoms with Crippen molar-refractivity contribution in [1.29, 1.82) is 0 Å². The smallest absolute Gasteiger partial charge is 0.125 e. The van der Waals surface area contributed by atoms with Gasteiger partial charge in [-0.15, -0.1) is 0 Å². The summed E-state index contributed by atoms with van der Waals surface area (Å²) >= 11 is 0. The highest BCUT2D eigenvalue weighted by Gasteiger charge is 2.42. The molecule has 2 aromatic carbocycles. The van der Waals surface area contributed by atoms with Crippen molar-refractivity contribution < 1.29 is 29.2 Å². The van der Waals surface area contributed by atoms with E-state index in [0.29, 0.717) is 41.6 Å². The molecule has 0 aromatic heterocycles. The first-order chi connectivity index (χ1) is 15.1. The molecule has 0 bridgehead atoms. The summed E-state index contributed by atoms with van der Waals surface area (Å²) in [7, 11) is 1.60. The van der Waals surface area contributed by atoms with Crippen molar-refractivity contribution >= 4 is 0 Å². The van der Waals surface area contributed by atoms with E-state index < -0.39 is 12.2 Å². The molecule has 0 saturated heterocycles. The van der Waals surface area contributed by atoms with Crippen LogP contribution in [0.3, 0.4) is 0 Å². The first-order valence-electron chi connectivity index (χ1n) is 11.2. The molecule has 0 amide bonds. The predicted octanol–water partition coefficient (Wildman–Crippen LogP) is 4.19. The Labute approximate surface area is 182 Å². The number of ether oxygens (including phenoxy) is 4. The zero-order valence-corrected chi connectivity index (χ0v) is 17.8. The summed E-state index contributed by atoms with van der Waals surface area (Å²) in [4.78, 5) is 0. The Kier molecular flexibility index (Phi) is 5.67. The van der Waals surface area contributed by atoms with Gasteiger partial charge in [0.1, 0.15) is 23.0 Å². The summed E-state index contributed by atoms with van der Waals surface area (Å²) in [5.41, 5.74) is 1.40. The maximum absolute atomic E-state index is 11.2. The molecule has 6 nitrogen and oxygen atoms in total. The summed E-state index contributed by atoms with van der Waals surface area (Å²) in [6, 6.07) is 11.1. The summed E-state index contributed by atoms with van der Waals surface area (Å²) < 4.78 is 23.4. The summed E-state index contributed by atoms with van der Waals surface area (Å²) in [5.74, 6) is 2.16. The largest absolute Gasteiger partial charge is 0.497 e. The fourth-order valence-electron chi connectivity index (χ4n) is 5.09. The predicted molar refractivity (Wildman–Crippen MR) is 115 cm³/mol. The molecule has 1 fully saturated rings. The third-order valence-electron chi connectivity index (χ3n) is 6.91. The number of benzene rings is 2. The van der Waals surface area contributed by atoms with Crippen LogP contribution < -0.4 is 18.9 Å². The second-order valence-electron chi connectivity index (χ2n) is 8.82. The minimum atomic E-state index is -0.773. The third-order valence-corrected chi connectivity index (χ3v) is 6.91. The highest BCUT2D eigenvalue weighted by molar-refractivity contribution is 5.45. The Balaban J connectivity index is 1.36. The number of rotatable bonds is 4. The fourth-order valence-corrected chi connectivity index (χ4v) is 5.09. The van der Waals surface area contributed by atoms with Crippen molar-refractivity contribution in [2.45, 2.75) is 50.4 Å². The molecule has 6 heteroatoms. The topological polar surface area (TPSA) is 77.4 Å². The summed E-state index contributed by atoms with van der Waals surface area (Å²) in [5, 5.41) is 22.3. The lowest BCUT2D eigenvalue weighted by atomic mass is 9.77. The van der Waals surface area contributed by atoms with Gasteiger partial charge in [-0.05, 0) is 62.1 Å². The molecule has 4 unspecified atom stereocenters. The Bertz CT molecular complexity index is 922. The highest BCUT2D eigenvalue weighted by atomic mass is 16.5. The Morgan fingerprint density at radius 3 is 1.90 bits per heavy atom. The molecule has 166 valence electrons. The Hall–Kier alpha value is -2.44. The van der Waals surface area contributed by atoms with Gasteiger partial charge in [0.15, 0.2) is 0 Å². The number of methoxy groups -OCH3 is 1. The first kappa shape index (κ1) is 20.5. The molecule has 31 heavy (non-hydrogen) atoms. The summed E-state index contributed by atoms with van der Waals surface area (Å²) in [6.07, 6.45) is 4.54. The molecule has 0 radical (unpaired) electrons. The van der Waals surface area contributed by atoms with Crippen LogP contribution in [0.15, 0.2) is 36.4 Å². The van der Waals surface area contributed by atoms with Crippen LogP contribution in [-0.4, -0.2) is 36.6 Å². The molecule has 2 heterocycles.